The fourth-order valence-electron chi connectivity index (χ4n) is 1.77. The molecule has 0 aliphatic heterocycles. The van der Waals surface area contributed by atoms with Crippen LogP contribution in [0.5, 0.6) is 0 Å². The number of rotatable bonds is 6. The van der Waals surface area contributed by atoms with E-state index in [1.165, 1.54) is 11.8 Å². The van der Waals surface area contributed by atoms with E-state index in [-0.39, 0.29) is 10.6 Å². The Bertz CT molecular complexity index is 649. The summed E-state index contributed by atoms with van der Waals surface area (Å²) in [6.07, 6.45) is 0.968. The number of nitro groups is 1. The second-order valence-electron chi connectivity index (χ2n) is 4.43. The molecule has 0 radical (unpaired) electrons. The van der Waals surface area contributed by atoms with Gasteiger partial charge in [0.05, 0.1) is 4.92 Å². The minimum Gasteiger partial charge on any atom is -0.385 e. The zero-order valence-corrected chi connectivity index (χ0v) is 13.9. The van der Waals surface area contributed by atoms with Crippen LogP contribution in [0.25, 0.3) is 0 Å². The number of nitrogens with zero attached hydrogens (tertiary/aromatic N) is 1. The van der Waals surface area contributed by atoms with E-state index in [1.54, 1.807) is 12.1 Å². The summed E-state index contributed by atoms with van der Waals surface area (Å²) < 4.78 is 0.976. The van der Waals surface area contributed by atoms with Gasteiger partial charge in [-0.2, -0.15) is 0 Å². The van der Waals surface area contributed by atoms with Crippen LogP contribution in [0.2, 0.25) is 0 Å². The Morgan fingerprint density at radius 1 is 1.29 bits per heavy atom. The highest BCUT2D eigenvalue weighted by Gasteiger charge is 2.11. The molecule has 2 aromatic rings. The highest BCUT2D eigenvalue weighted by atomic mass is 79.9. The van der Waals surface area contributed by atoms with E-state index in [0.29, 0.717) is 0 Å². The van der Waals surface area contributed by atoms with Gasteiger partial charge >= 0.3 is 0 Å². The van der Waals surface area contributed by atoms with Crippen LogP contribution in [0.15, 0.2) is 56.7 Å². The molecule has 0 bridgehead atoms. The van der Waals surface area contributed by atoms with Crippen molar-refractivity contribution < 1.29 is 4.92 Å². The van der Waals surface area contributed by atoms with Crippen LogP contribution in [-0.2, 0) is 0 Å². The molecular formula is C15H15BrN2O2S. The van der Waals surface area contributed by atoms with Gasteiger partial charge in [0.25, 0.3) is 5.69 Å². The predicted octanol–water partition coefficient (Wildman–Crippen LogP) is 5.33. The molecule has 0 saturated heterocycles. The van der Waals surface area contributed by atoms with Gasteiger partial charge in [-0.1, -0.05) is 30.8 Å². The average molecular weight is 367 g/mol. The third-order valence-electron chi connectivity index (χ3n) is 2.75. The van der Waals surface area contributed by atoms with Crippen LogP contribution in [0.3, 0.4) is 0 Å². The van der Waals surface area contributed by atoms with Crippen molar-refractivity contribution in [3.63, 3.8) is 0 Å². The van der Waals surface area contributed by atoms with Crippen molar-refractivity contribution in [2.24, 2.45) is 0 Å². The number of nitrogens with one attached hydrogen (secondary N) is 1. The smallest absolute Gasteiger partial charge is 0.272 e. The zero-order valence-electron chi connectivity index (χ0n) is 11.5. The number of benzene rings is 2. The van der Waals surface area contributed by atoms with E-state index in [4.69, 9.17) is 0 Å². The molecule has 6 heteroatoms. The van der Waals surface area contributed by atoms with Gasteiger partial charge in [0.2, 0.25) is 0 Å². The number of nitro benzene ring substituents is 1. The normalized spacial score (nSPS) is 10.4. The molecule has 0 fully saturated rings. The van der Waals surface area contributed by atoms with Crippen LogP contribution in [-0.4, -0.2) is 11.5 Å². The molecule has 21 heavy (non-hydrogen) atoms. The topological polar surface area (TPSA) is 55.2 Å². The predicted molar refractivity (Wildman–Crippen MR) is 90.1 cm³/mol. The summed E-state index contributed by atoms with van der Waals surface area (Å²) in [5.74, 6) is 0. The molecule has 0 saturated carbocycles. The molecule has 0 atom stereocenters. The molecule has 0 aliphatic rings. The minimum atomic E-state index is -0.360. The zero-order chi connectivity index (χ0) is 15.2. The summed E-state index contributed by atoms with van der Waals surface area (Å²) in [6.45, 7) is 2.85. The maximum atomic E-state index is 11.1. The average Bonchev–Trinajstić information content (AvgIpc) is 2.47. The van der Waals surface area contributed by atoms with E-state index >= 15 is 0 Å². The van der Waals surface area contributed by atoms with E-state index in [1.807, 2.05) is 30.3 Å². The van der Waals surface area contributed by atoms with Crippen LogP contribution < -0.4 is 5.32 Å². The van der Waals surface area contributed by atoms with Gasteiger partial charge in [0, 0.05) is 38.6 Å². The second kappa shape index (κ2) is 7.47. The standard InChI is InChI=1S/C15H15BrN2O2S/c1-2-7-17-11-8-12(18(19)20)10-13(9-11)21-15-6-4-3-5-14(15)16/h3-6,8-10,17H,2,7H2,1H3. The molecule has 0 aliphatic carbocycles. The molecule has 2 rings (SSSR count). The first-order valence-corrected chi connectivity index (χ1v) is 8.17. The lowest BCUT2D eigenvalue weighted by molar-refractivity contribution is -0.385. The molecule has 2 aromatic carbocycles. The molecule has 4 nitrogen and oxygen atoms in total. The first kappa shape index (κ1) is 15.9. The van der Waals surface area contributed by atoms with E-state index in [0.717, 1.165) is 32.9 Å². The van der Waals surface area contributed by atoms with Crippen molar-refractivity contribution in [2.75, 3.05) is 11.9 Å². The Morgan fingerprint density at radius 2 is 2.05 bits per heavy atom. The minimum absolute atomic E-state index is 0.102. The van der Waals surface area contributed by atoms with Gasteiger partial charge in [-0.25, -0.2) is 0 Å². The fraction of sp³-hybridized carbons (Fsp3) is 0.200. The van der Waals surface area contributed by atoms with Crippen molar-refractivity contribution in [2.45, 2.75) is 23.1 Å². The lowest BCUT2D eigenvalue weighted by Crippen LogP contribution is -2.00. The van der Waals surface area contributed by atoms with Crippen molar-refractivity contribution >= 4 is 39.1 Å². The summed E-state index contributed by atoms with van der Waals surface area (Å²) in [5, 5.41) is 14.3. The van der Waals surface area contributed by atoms with Gasteiger partial charge in [-0.15, -0.1) is 0 Å². The molecule has 0 amide bonds. The molecule has 0 spiro atoms. The van der Waals surface area contributed by atoms with Gasteiger partial charge in [0.15, 0.2) is 0 Å². The Morgan fingerprint density at radius 3 is 2.71 bits per heavy atom. The van der Waals surface area contributed by atoms with Gasteiger partial charge in [0.1, 0.15) is 0 Å². The fourth-order valence-corrected chi connectivity index (χ4v) is 3.23. The van der Waals surface area contributed by atoms with Crippen LogP contribution >= 0.6 is 27.7 Å². The third kappa shape index (κ3) is 4.47. The Balaban J connectivity index is 2.31. The van der Waals surface area contributed by atoms with Crippen LogP contribution in [0.1, 0.15) is 13.3 Å². The molecule has 0 heterocycles. The van der Waals surface area contributed by atoms with Crippen molar-refractivity contribution in [3.05, 3.63) is 57.1 Å². The number of non-ortho nitro benzene ring substituents is 1. The number of anilines is 1. The number of halogens is 1. The summed E-state index contributed by atoms with van der Waals surface area (Å²) in [6, 6.07) is 12.9. The largest absolute Gasteiger partial charge is 0.385 e. The van der Waals surface area contributed by atoms with E-state index < -0.39 is 0 Å². The van der Waals surface area contributed by atoms with Crippen LogP contribution in [0.4, 0.5) is 11.4 Å². The first-order valence-electron chi connectivity index (χ1n) is 6.56. The first-order chi connectivity index (χ1) is 10.1. The summed E-state index contributed by atoms with van der Waals surface area (Å²) in [7, 11) is 0. The van der Waals surface area contributed by atoms with Crippen molar-refractivity contribution in [1.82, 2.24) is 0 Å². The molecule has 0 unspecified atom stereocenters. The van der Waals surface area contributed by atoms with Crippen molar-refractivity contribution in [1.29, 1.82) is 0 Å². The van der Waals surface area contributed by atoms with Crippen LogP contribution in [0, 0.1) is 10.1 Å². The quantitative estimate of drug-likeness (QED) is 0.554. The maximum Gasteiger partial charge on any atom is 0.272 e. The van der Waals surface area contributed by atoms with E-state index in [2.05, 4.69) is 28.2 Å². The summed E-state index contributed by atoms with van der Waals surface area (Å²) in [5.41, 5.74) is 0.881. The SMILES string of the molecule is CCCNc1cc(Sc2ccccc2Br)cc([N+](=O)[O-])c1. The van der Waals surface area contributed by atoms with E-state index in [9.17, 15) is 10.1 Å². The second-order valence-corrected chi connectivity index (χ2v) is 6.40. The van der Waals surface area contributed by atoms with Gasteiger partial charge in [-0.3, -0.25) is 10.1 Å². The summed E-state index contributed by atoms with van der Waals surface area (Å²) in [4.78, 5) is 12.6. The number of hydrogen-bond donors (Lipinski definition) is 1. The highest BCUT2D eigenvalue weighted by molar-refractivity contribution is 9.10. The highest BCUT2D eigenvalue weighted by Crippen LogP contribution is 2.36. The third-order valence-corrected chi connectivity index (χ3v) is 4.75. The van der Waals surface area contributed by atoms with Gasteiger partial charge < -0.3 is 5.32 Å². The summed E-state index contributed by atoms with van der Waals surface area (Å²) >= 11 is 4.99. The molecule has 110 valence electrons. The lowest BCUT2D eigenvalue weighted by atomic mass is 10.2. The Labute approximate surface area is 136 Å². The van der Waals surface area contributed by atoms with Crippen molar-refractivity contribution in [3.8, 4) is 0 Å². The lowest BCUT2D eigenvalue weighted by Gasteiger charge is -2.08. The molecule has 0 aromatic heterocycles. The molecular weight excluding hydrogens is 352 g/mol. The molecule has 1 N–H and O–H groups in total. The maximum absolute atomic E-state index is 11.1. The Hall–Kier alpha value is -1.53. The van der Waals surface area contributed by atoms with Gasteiger partial charge in [-0.05, 0) is 40.5 Å². The monoisotopic (exact) mass is 366 g/mol. The Kier molecular flexibility index (Phi) is 5.64. The number of hydrogen-bond acceptors (Lipinski definition) is 4.